The lowest BCUT2D eigenvalue weighted by atomic mass is 9.91. The van der Waals surface area contributed by atoms with Gasteiger partial charge in [0.25, 0.3) is 0 Å². The molecule has 6 heteroatoms. The highest BCUT2D eigenvalue weighted by atomic mass is 16.5. The average molecular weight is 348 g/mol. The number of Topliss-reactive ketones (excluding diaryl/α,β-unsaturated/α-hetero) is 1. The van der Waals surface area contributed by atoms with E-state index in [9.17, 15) is 14.4 Å². The van der Waals surface area contributed by atoms with Gasteiger partial charge >= 0.3 is 11.9 Å². The van der Waals surface area contributed by atoms with Crippen LogP contribution >= 0.6 is 0 Å². The van der Waals surface area contributed by atoms with E-state index < -0.39 is 17.9 Å². The third kappa shape index (κ3) is 6.79. The molecule has 0 bridgehead atoms. The molecule has 0 heterocycles. The Morgan fingerprint density at radius 1 is 1.08 bits per heavy atom. The Balaban J connectivity index is 3.08. The van der Waals surface area contributed by atoms with E-state index in [1.165, 1.54) is 13.8 Å². The molecular formula is C19H24O6. The topological polar surface area (TPSA) is 78.9 Å². The first kappa shape index (κ1) is 20.4. The molecule has 0 N–H and O–H groups in total. The number of allylic oxidation sites excluding steroid dienone is 1. The summed E-state index contributed by atoms with van der Waals surface area (Å²) in [6.45, 7) is 4.63. The molecule has 0 fully saturated rings. The van der Waals surface area contributed by atoms with Crippen molar-refractivity contribution in [3.8, 4) is 5.75 Å². The second-order valence-electron chi connectivity index (χ2n) is 5.38. The first-order valence-corrected chi connectivity index (χ1v) is 8.02. The highest BCUT2D eigenvalue weighted by Gasteiger charge is 2.26. The third-order valence-corrected chi connectivity index (χ3v) is 3.56. The second kappa shape index (κ2) is 10.3. The Hall–Kier alpha value is -2.63. The summed E-state index contributed by atoms with van der Waals surface area (Å²) in [5, 5.41) is 0. The minimum absolute atomic E-state index is 0.0597. The van der Waals surface area contributed by atoms with Crippen molar-refractivity contribution in [1.82, 2.24) is 0 Å². The summed E-state index contributed by atoms with van der Waals surface area (Å²) in [4.78, 5) is 34.9. The molecule has 25 heavy (non-hydrogen) atoms. The maximum Gasteiger partial charge on any atom is 0.316 e. The van der Waals surface area contributed by atoms with Gasteiger partial charge in [0.05, 0.1) is 13.7 Å². The van der Waals surface area contributed by atoms with Crippen LogP contribution in [0.15, 0.2) is 30.3 Å². The molecule has 1 rings (SSSR count). The average Bonchev–Trinajstić information content (AvgIpc) is 2.57. The molecule has 1 unspecified atom stereocenters. The summed E-state index contributed by atoms with van der Waals surface area (Å²) in [7, 11) is 1.57. The van der Waals surface area contributed by atoms with Crippen LogP contribution in [0.1, 0.15) is 32.8 Å². The van der Waals surface area contributed by atoms with Crippen LogP contribution < -0.4 is 4.74 Å². The minimum Gasteiger partial charge on any atom is -0.497 e. The number of benzene rings is 1. The van der Waals surface area contributed by atoms with E-state index >= 15 is 0 Å². The summed E-state index contributed by atoms with van der Waals surface area (Å²) in [5.41, 5.74) is 1.53. The highest BCUT2D eigenvalue weighted by Crippen LogP contribution is 2.26. The zero-order valence-corrected chi connectivity index (χ0v) is 15.0. The molecule has 0 saturated heterocycles. The van der Waals surface area contributed by atoms with E-state index in [0.29, 0.717) is 5.75 Å². The van der Waals surface area contributed by atoms with Crippen LogP contribution in [0.3, 0.4) is 0 Å². The number of esters is 2. The van der Waals surface area contributed by atoms with Gasteiger partial charge in [-0.15, -0.1) is 0 Å². The summed E-state index contributed by atoms with van der Waals surface area (Å²) in [5.74, 6) is -1.44. The largest absolute Gasteiger partial charge is 0.497 e. The van der Waals surface area contributed by atoms with Gasteiger partial charge in [-0.1, -0.05) is 12.1 Å². The third-order valence-electron chi connectivity index (χ3n) is 3.56. The van der Waals surface area contributed by atoms with Gasteiger partial charge in [-0.3, -0.25) is 14.4 Å². The van der Waals surface area contributed by atoms with Crippen LogP contribution in [0.25, 0.3) is 5.57 Å². The maximum absolute atomic E-state index is 12.1. The number of carbonyl (C=O) groups excluding carboxylic acids is 3. The first-order valence-electron chi connectivity index (χ1n) is 8.02. The van der Waals surface area contributed by atoms with E-state index in [-0.39, 0.29) is 25.4 Å². The predicted molar refractivity (Wildman–Crippen MR) is 93.0 cm³/mol. The van der Waals surface area contributed by atoms with Crippen LogP contribution in [0.5, 0.6) is 5.75 Å². The van der Waals surface area contributed by atoms with Gasteiger partial charge < -0.3 is 14.2 Å². The molecule has 0 aliphatic rings. The Morgan fingerprint density at radius 3 is 2.20 bits per heavy atom. The van der Waals surface area contributed by atoms with Gasteiger partial charge in [0.15, 0.2) is 0 Å². The molecule has 1 aromatic carbocycles. The van der Waals surface area contributed by atoms with Crippen molar-refractivity contribution in [3.05, 3.63) is 35.9 Å². The fourth-order valence-electron chi connectivity index (χ4n) is 2.24. The van der Waals surface area contributed by atoms with Crippen molar-refractivity contribution in [2.24, 2.45) is 5.92 Å². The lowest BCUT2D eigenvalue weighted by Gasteiger charge is -2.16. The normalized spacial score (nSPS) is 12.2. The monoisotopic (exact) mass is 348 g/mol. The molecule has 0 amide bonds. The zero-order valence-electron chi connectivity index (χ0n) is 15.0. The molecule has 0 spiro atoms. The summed E-state index contributed by atoms with van der Waals surface area (Å²) < 4.78 is 15.1. The van der Waals surface area contributed by atoms with Gasteiger partial charge in [-0.2, -0.15) is 0 Å². The van der Waals surface area contributed by atoms with Crippen molar-refractivity contribution in [1.29, 1.82) is 0 Å². The van der Waals surface area contributed by atoms with Gasteiger partial charge in [-0.25, -0.2) is 0 Å². The number of rotatable bonds is 9. The Morgan fingerprint density at radius 2 is 1.72 bits per heavy atom. The van der Waals surface area contributed by atoms with E-state index in [2.05, 4.69) is 0 Å². The van der Waals surface area contributed by atoms with Gasteiger partial charge in [0.2, 0.25) is 0 Å². The van der Waals surface area contributed by atoms with Crippen molar-refractivity contribution in [3.63, 3.8) is 0 Å². The quantitative estimate of drug-likeness (QED) is 0.504. The summed E-state index contributed by atoms with van der Waals surface area (Å²) in [6.07, 6.45) is 1.86. The van der Waals surface area contributed by atoms with E-state index in [1.807, 2.05) is 12.1 Å². The van der Waals surface area contributed by atoms with Gasteiger partial charge in [-0.05, 0) is 49.6 Å². The molecule has 0 aliphatic carbocycles. The summed E-state index contributed by atoms with van der Waals surface area (Å²) in [6, 6.07) is 7.20. The van der Waals surface area contributed by atoms with Crippen LogP contribution in [-0.2, 0) is 23.9 Å². The Kier molecular flexibility index (Phi) is 8.39. The number of hydrogen-bond donors (Lipinski definition) is 0. The fourth-order valence-corrected chi connectivity index (χ4v) is 2.24. The van der Waals surface area contributed by atoms with Crippen LogP contribution in [0.2, 0.25) is 0 Å². The SMILES string of the molecule is CCOC(=O)C(C/C(=C/COC(C)=O)c1ccc(OC)cc1)C(C)=O. The number of ketones is 1. The second-order valence-corrected chi connectivity index (χ2v) is 5.38. The van der Waals surface area contributed by atoms with E-state index in [0.717, 1.165) is 11.1 Å². The Labute approximate surface area is 147 Å². The van der Waals surface area contributed by atoms with Crippen molar-refractivity contribution in [2.75, 3.05) is 20.3 Å². The zero-order chi connectivity index (χ0) is 18.8. The fraction of sp³-hybridized carbons (Fsp3) is 0.421. The number of ether oxygens (including phenoxy) is 3. The molecule has 0 aromatic heterocycles. The van der Waals surface area contributed by atoms with E-state index in [4.69, 9.17) is 14.2 Å². The summed E-state index contributed by atoms with van der Waals surface area (Å²) >= 11 is 0. The molecular weight excluding hydrogens is 324 g/mol. The molecule has 0 aliphatic heterocycles. The molecule has 136 valence electrons. The lowest BCUT2D eigenvalue weighted by molar-refractivity contribution is -0.151. The van der Waals surface area contributed by atoms with Gasteiger partial charge in [0.1, 0.15) is 24.1 Å². The van der Waals surface area contributed by atoms with E-state index in [1.54, 1.807) is 32.2 Å². The Bertz CT molecular complexity index is 630. The smallest absolute Gasteiger partial charge is 0.316 e. The minimum atomic E-state index is -0.898. The van der Waals surface area contributed by atoms with Crippen molar-refractivity contribution >= 4 is 23.3 Å². The predicted octanol–water partition coefficient (Wildman–Crippen LogP) is 2.80. The van der Waals surface area contributed by atoms with Crippen LogP contribution in [0.4, 0.5) is 0 Å². The number of carbonyl (C=O) groups is 3. The number of hydrogen-bond acceptors (Lipinski definition) is 6. The highest BCUT2D eigenvalue weighted by molar-refractivity contribution is 5.99. The van der Waals surface area contributed by atoms with Crippen molar-refractivity contribution in [2.45, 2.75) is 27.2 Å². The molecule has 0 saturated carbocycles. The molecule has 1 aromatic rings. The van der Waals surface area contributed by atoms with Crippen LogP contribution in [-0.4, -0.2) is 38.0 Å². The molecule has 0 radical (unpaired) electrons. The van der Waals surface area contributed by atoms with Gasteiger partial charge in [0, 0.05) is 6.92 Å². The lowest BCUT2D eigenvalue weighted by Crippen LogP contribution is -2.24. The number of methoxy groups -OCH3 is 1. The van der Waals surface area contributed by atoms with Crippen molar-refractivity contribution < 1.29 is 28.6 Å². The maximum atomic E-state index is 12.1. The molecule has 1 atom stereocenters. The molecule has 6 nitrogen and oxygen atoms in total. The van der Waals surface area contributed by atoms with Crippen LogP contribution in [0, 0.1) is 5.92 Å². The first-order chi connectivity index (χ1) is 11.9. The standard InChI is InChI=1S/C19H24O6/c1-5-24-19(22)18(13(2)20)12-16(10-11-25-14(3)21)15-6-8-17(23-4)9-7-15/h6-10,18H,5,11-12H2,1-4H3/b16-10-.